The van der Waals surface area contributed by atoms with Gasteiger partial charge in [0.05, 0.1) is 4.90 Å². The number of carbonyl (C=O) groups is 1. The number of hydrogen-bond donors (Lipinski definition) is 2. The Bertz CT molecular complexity index is 555. The minimum absolute atomic E-state index is 0.115. The highest BCUT2D eigenvalue weighted by Gasteiger charge is 2.19. The molecule has 1 aromatic rings. The maximum Gasteiger partial charge on any atom is 0.242 e. The molecular formula is C14H23N3O3S. The van der Waals surface area contributed by atoms with Crippen LogP contribution in [0.15, 0.2) is 29.2 Å². The van der Waals surface area contributed by atoms with Crippen LogP contribution < -0.4 is 10.6 Å². The van der Waals surface area contributed by atoms with Crippen LogP contribution in [0.4, 0.5) is 0 Å². The topological polar surface area (TPSA) is 78.5 Å². The van der Waals surface area contributed by atoms with Gasteiger partial charge in [-0.15, -0.1) is 0 Å². The molecular weight excluding hydrogens is 290 g/mol. The second-order valence-electron chi connectivity index (χ2n) is 4.84. The second kappa shape index (κ2) is 8.11. The number of amides is 1. The van der Waals surface area contributed by atoms with E-state index in [-0.39, 0.29) is 10.8 Å². The van der Waals surface area contributed by atoms with Gasteiger partial charge < -0.3 is 10.6 Å². The molecule has 21 heavy (non-hydrogen) atoms. The Morgan fingerprint density at radius 3 is 2.38 bits per heavy atom. The molecule has 6 nitrogen and oxygen atoms in total. The van der Waals surface area contributed by atoms with E-state index in [2.05, 4.69) is 10.6 Å². The molecule has 0 heterocycles. The molecule has 1 aromatic carbocycles. The molecule has 1 rings (SSSR count). The predicted octanol–water partition coefficient (Wildman–Crippen LogP) is 0.553. The monoisotopic (exact) mass is 313 g/mol. The van der Waals surface area contributed by atoms with Gasteiger partial charge in [-0.1, -0.05) is 12.1 Å². The number of hydrogen-bond acceptors (Lipinski definition) is 4. The number of sulfonamides is 1. The zero-order valence-corrected chi connectivity index (χ0v) is 13.5. The predicted molar refractivity (Wildman–Crippen MR) is 82.3 cm³/mol. The Labute approximate surface area is 126 Å². The summed E-state index contributed by atoms with van der Waals surface area (Å²) in [7, 11) is -0.0341. The molecule has 2 N–H and O–H groups in total. The molecule has 0 spiro atoms. The summed E-state index contributed by atoms with van der Waals surface area (Å²) in [6.07, 6.45) is 0.757. The molecule has 0 fully saturated rings. The number of rotatable bonds is 8. The van der Waals surface area contributed by atoms with E-state index in [1.165, 1.54) is 11.2 Å². The fourth-order valence-corrected chi connectivity index (χ4v) is 2.99. The molecule has 0 bridgehead atoms. The van der Waals surface area contributed by atoms with Crippen molar-refractivity contribution in [1.82, 2.24) is 14.9 Å². The molecule has 0 saturated carbocycles. The van der Waals surface area contributed by atoms with E-state index in [0.717, 1.165) is 18.5 Å². The number of nitrogens with one attached hydrogen (secondary N) is 2. The van der Waals surface area contributed by atoms with Crippen LogP contribution in [0.5, 0.6) is 0 Å². The first-order valence-electron chi connectivity index (χ1n) is 6.82. The number of nitrogens with zero attached hydrogens (tertiary/aromatic N) is 1. The van der Waals surface area contributed by atoms with Crippen molar-refractivity contribution >= 4 is 15.9 Å². The zero-order valence-electron chi connectivity index (χ0n) is 12.7. The molecule has 0 saturated heterocycles. The van der Waals surface area contributed by atoms with E-state index in [0.29, 0.717) is 13.1 Å². The van der Waals surface area contributed by atoms with Gasteiger partial charge in [0.15, 0.2) is 0 Å². The largest absolute Gasteiger partial charge is 0.352 e. The van der Waals surface area contributed by atoms with Crippen LogP contribution in [0.2, 0.25) is 0 Å². The van der Waals surface area contributed by atoms with E-state index in [1.54, 1.807) is 31.3 Å². The quantitative estimate of drug-likeness (QED) is 0.687. The van der Waals surface area contributed by atoms with Crippen LogP contribution >= 0.6 is 0 Å². The number of benzene rings is 1. The summed E-state index contributed by atoms with van der Waals surface area (Å²) < 4.78 is 26.0. The summed E-state index contributed by atoms with van der Waals surface area (Å²) in [5.41, 5.74) is 0.863. The Balaban J connectivity index is 2.72. The van der Waals surface area contributed by atoms with Crippen molar-refractivity contribution in [2.75, 3.05) is 27.2 Å². The van der Waals surface area contributed by atoms with Crippen molar-refractivity contribution < 1.29 is 13.2 Å². The fourth-order valence-electron chi connectivity index (χ4n) is 1.78. The Kier molecular flexibility index (Phi) is 6.80. The summed E-state index contributed by atoms with van der Waals surface area (Å²) in [5.74, 6) is -0.115. The van der Waals surface area contributed by atoms with Crippen molar-refractivity contribution in [2.24, 2.45) is 0 Å². The summed E-state index contributed by atoms with van der Waals surface area (Å²) >= 11 is 0. The lowest BCUT2D eigenvalue weighted by molar-refractivity contribution is -0.119. The SMILES string of the molecule is CNCCCN(C)S(=O)(=O)c1ccc(CNC(C)=O)cc1. The highest BCUT2D eigenvalue weighted by molar-refractivity contribution is 7.89. The van der Waals surface area contributed by atoms with Crippen LogP contribution in [-0.2, 0) is 21.4 Å². The van der Waals surface area contributed by atoms with Gasteiger partial charge in [0.2, 0.25) is 15.9 Å². The van der Waals surface area contributed by atoms with Crippen molar-refractivity contribution in [1.29, 1.82) is 0 Å². The highest BCUT2D eigenvalue weighted by atomic mass is 32.2. The maximum atomic E-state index is 12.3. The lowest BCUT2D eigenvalue weighted by atomic mass is 10.2. The summed E-state index contributed by atoms with van der Waals surface area (Å²) in [4.78, 5) is 11.1. The summed E-state index contributed by atoms with van der Waals surface area (Å²) in [6, 6.07) is 6.57. The third-order valence-electron chi connectivity index (χ3n) is 3.07. The normalized spacial score (nSPS) is 11.6. The van der Waals surface area contributed by atoms with Crippen molar-refractivity contribution in [3.8, 4) is 0 Å². The molecule has 1 amide bonds. The Hall–Kier alpha value is -1.44. The van der Waals surface area contributed by atoms with Gasteiger partial charge in [-0.2, -0.15) is 0 Å². The van der Waals surface area contributed by atoms with Gasteiger partial charge in [0.1, 0.15) is 0 Å². The Morgan fingerprint density at radius 2 is 1.86 bits per heavy atom. The average molecular weight is 313 g/mol. The summed E-state index contributed by atoms with van der Waals surface area (Å²) in [5, 5.41) is 5.66. The lowest BCUT2D eigenvalue weighted by Gasteiger charge is -2.17. The van der Waals surface area contributed by atoms with Gasteiger partial charge in [-0.25, -0.2) is 12.7 Å². The molecule has 118 valence electrons. The molecule has 0 aromatic heterocycles. The third-order valence-corrected chi connectivity index (χ3v) is 4.94. The molecule has 0 aliphatic rings. The first-order chi connectivity index (χ1) is 9.87. The summed E-state index contributed by atoms with van der Waals surface area (Å²) in [6.45, 7) is 3.08. The third kappa shape index (κ3) is 5.45. The van der Waals surface area contributed by atoms with E-state index in [4.69, 9.17) is 0 Å². The maximum absolute atomic E-state index is 12.3. The minimum Gasteiger partial charge on any atom is -0.352 e. The smallest absolute Gasteiger partial charge is 0.242 e. The fraction of sp³-hybridized carbons (Fsp3) is 0.500. The van der Waals surface area contributed by atoms with Crippen molar-refractivity contribution in [2.45, 2.75) is 24.8 Å². The van der Waals surface area contributed by atoms with Crippen molar-refractivity contribution in [3.05, 3.63) is 29.8 Å². The molecule has 0 aliphatic heterocycles. The van der Waals surface area contributed by atoms with Gasteiger partial charge >= 0.3 is 0 Å². The van der Waals surface area contributed by atoms with Crippen molar-refractivity contribution in [3.63, 3.8) is 0 Å². The van der Waals surface area contributed by atoms with Gasteiger partial charge in [0, 0.05) is 27.1 Å². The minimum atomic E-state index is -3.45. The Morgan fingerprint density at radius 1 is 1.24 bits per heavy atom. The standard InChI is InChI=1S/C14H23N3O3S/c1-12(18)16-11-13-5-7-14(8-6-13)21(19,20)17(3)10-4-9-15-2/h5-8,15H,4,9-11H2,1-3H3,(H,16,18). The second-order valence-corrected chi connectivity index (χ2v) is 6.88. The van der Waals surface area contributed by atoms with E-state index in [1.807, 2.05) is 7.05 Å². The van der Waals surface area contributed by atoms with E-state index >= 15 is 0 Å². The van der Waals surface area contributed by atoms with Crippen LogP contribution in [0.1, 0.15) is 18.9 Å². The average Bonchev–Trinajstić information content (AvgIpc) is 2.45. The van der Waals surface area contributed by atoms with Gasteiger partial charge in [-0.3, -0.25) is 4.79 Å². The molecule has 0 unspecified atom stereocenters. The van der Waals surface area contributed by atoms with E-state index in [9.17, 15) is 13.2 Å². The zero-order chi connectivity index (χ0) is 15.9. The highest BCUT2D eigenvalue weighted by Crippen LogP contribution is 2.15. The van der Waals surface area contributed by atoms with Gasteiger partial charge in [0.25, 0.3) is 0 Å². The first-order valence-corrected chi connectivity index (χ1v) is 8.26. The van der Waals surface area contributed by atoms with Crippen LogP contribution in [0, 0.1) is 0 Å². The lowest BCUT2D eigenvalue weighted by Crippen LogP contribution is -2.29. The number of carbonyl (C=O) groups excluding carboxylic acids is 1. The first kappa shape index (κ1) is 17.6. The molecule has 0 aliphatic carbocycles. The van der Waals surface area contributed by atoms with E-state index < -0.39 is 10.0 Å². The van der Waals surface area contributed by atoms with Gasteiger partial charge in [-0.05, 0) is 37.7 Å². The molecule has 7 heteroatoms. The molecule has 0 radical (unpaired) electrons. The van der Waals surface area contributed by atoms with Crippen LogP contribution in [0.25, 0.3) is 0 Å². The molecule has 0 atom stereocenters. The van der Waals surface area contributed by atoms with Crippen LogP contribution in [0.3, 0.4) is 0 Å². The van der Waals surface area contributed by atoms with Crippen LogP contribution in [-0.4, -0.2) is 45.8 Å².